The van der Waals surface area contributed by atoms with E-state index in [1.807, 2.05) is 0 Å². The van der Waals surface area contributed by atoms with Gasteiger partial charge in [-0.2, -0.15) is 4.98 Å². The minimum absolute atomic E-state index is 0.309. The molecule has 126 valence electrons. The van der Waals surface area contributed by atoms with Crippen LogP contribution in [0.4, 0.5) is 0 Å². The zero-order valence-corrected chi connectivity index (χ0v) is 15.2. The number of H-pyrrole nitrogens is 1. The number of hydrogen-bond acceptors (Lipinski definition) is 4. The lowest BCUT2D eigenvalue weighted by molar-refractivity contribution is 0.856. The SMILES string of the molecule is CC(C)c1ccc(Sc2n[nH]n3c2nc(=O)c2cccc(Cl)c23)cc1. The first-order valence-corrected chi connectivity index (χ1v) is 9.07. The molecule has 0 spiro atoms. The molecule has 0 saturated heterocycles. The highest BCUT2D eigenvalue weighted by Crippen LogP contribution is 2.31. The Bertz CT molecular complexity index is 1130. The highest BCUT2D eigenvalue weighted by atomic mass is 35.5. The van der Waals surface area contributed by atoms with E-state index in [9.17, 15) is 4.79 Å². The second-order valence-electron chi connectivity index (χ2n) is 6.05. The Balaban J connectivity index is 1.82. The Morgan fingerprint density at radius 3 is 2.64 bits per heavy atom. The van der Waals surface area contributed by atoms with E-state index in [1.165, 1.54) is 17.3 Å². The molecule has 0 aliphatic heterocycles. The Morgan fingerprint density at radius 1 is 1.16 bits per heavy atom. The van der Waals surface area contributed by atoms with Gasteiger partial charge >= 0.3 is 0 Å². The van der Waals surface area contributed by atoms with Crippen LogP contribution in [-0.2, 0) is 0 Å². The van der Waals surface area contributed by atoms with Crippen LogP contribution in [0.25, 0.3) is 16.6 Å². The van der Waals surface area contributed by atoms with Gasteiger partial charge in [0.25, 0.3) is 5.56 Å². The monoisotopic (exact) mass is 370 g/mol. The molecule has 2 aromatic heterocycles. The van der Waals surface area contributed by atoms with Crippen molar-refractivity contribution in [2.75, 3.05) is 0 Å². The van der Waals surface area contributed by atoms with Crippen molar-refractivity contribution in [3.8, 4) is 0 Å². The fourth-order valence-electron chi connectivity index (χ4n) is 2.71. The van der Waals surface area contributed by atoms with Crippen LogP contribution >= 0.6 is 23.4 Å². The largest absolute Gasteiger partial charge is 0.281 e. The van der Waals surface area contributed by atoms with Crippen molar-refractivity contribution >= 4 is 39.9 Å². The number of halogens is 1. The fraction of sp³-hybridized carbons (Fsp3) is 0.167. The Kier molecular flexibility index (Phi) is 4.01. The number of nitrogens with zero attached hydrogens (tertiary/aromatic N) is 3. The predicted octanol–water partition coefficient (Wildman–Crippen LogP) is 4.50. The summed E-state index contributed by atoms with van der Waals surface area (Å²) in [6.07, 6.45) is 0. The van der Waals surface area contributed by atoms with Crippen molar-refractivity contribution < 1.29 is 0 Å². The lowest BCUT2D eigenvalue weighted by atomic mass is 10.0. The van der Waals surface area contributed by atoms with Crippen LogP contribution in [-0.4, -0.2) is 19.8 Å². The second-order valence-corrected chi connectivity index (χ2v) is 7.52. The molecule has 0 aliphatic rings. The van der Waals surface area contributed by atoms with Gasteiger partial charge in [-0.15, -0.1) is 5.10 Å². The minimum atomic E-state index is -0.309. The molecule has 0 aliphatic carbocycles. The number of aromatic amines is 1. The number of fused-ring (bicyclic) bond motifs is 3. The van der Waals surface area contributed by atoms with Crippen molar-refractivity contribution in [3.63, 3.8) is 0 Å². The summed E-state index contributed by atoms with van der Waals surface area (Å²) in [5, 5.41) is 8.81. The highest BCUT2D eigenvalue weighted by Gasteiger charge is 2.15. The van der Waals surface area contributed by atoms with Crippen LogP contribution in [0.15, 0.2) is 57.2 Å². The molecule has 7 heteroatoms. The van der Waals surface area contributed by atoms with E-state index in [0.29, 0.717) is 32.5 Å². The summed E-state index contributed by atoms with van der Waals surface area (Å²) in [5.74, 6) is 0.485. The molecule has 0 fully saturated rings. The molecule has 0 atom stereocenters. The molecule has 25 heavy (non-hydrogen) atoms. The quantitative estimate of drug-likeness (QED) is 0.576. The lowest BCUT2D eigenvalue weighted by Gasteiger charge is -2.06. The molecule has 0 unspecified atom stereocenters. The van der Waals surface area contributed by atoms with Crippen molar-refractivity contribution in [1.29, 1.82) is 0 Å². The van der Waals surface area contributed by atoms with Gasteiger partial charge in [-0.25, -0.2) is 9.73 Å². The molecule has 0 amide bonds. The van der Waals surface area contributed by atoms with Crippen LogP contribution in [0.2, 0.25) is 5.02 Å². The summed E-state index contributed by atoms with van der Waals surface area (Å²) in [6, 6.07) is 13.5. The molecule has 2 heterocycles. The molecular formula is C18H15ClN4OS. The highest BCUT2D eigenvalue weighted by molar-refractivity contribution is 7.99. The predicted molar refractivity (Wildman–Crippen MR) is 101 cm³/mol. The van der Waals surface area contributed by atoms with Crippen LogP contribution in [0.1, 0.15) is 25.3 Å². The lowest BCUT2D eigenvalue weighted by Crippen LogP contribution is -2.10. The molecule has 4 rings (SSSR count). The summed E-state index contributed by atoms with van der Waals surface area (Å²) in [4.78, 5) is 17.5. The van der Waals surface area contributed by atoms with Gasteiger partial charge in [-0.3, -0.25) is 4.79 Å². The van der Waals surface area contributed by atoms with Crippen molar-refractivity contribution in [2.45, 2.75) is 29.7 Å². The molecule has 1 N–H and O–H groups in total. The Labute approximate surface area is 153 Å². The maximum absolute atomic E-state index is 12.3. The molecular weight excluding hydrogens is 356 g/mol. The van der Waals surface area contributed by atoms with E-state index in [2.05, 4.69) is 53.4 Å². The maximum Gasteiger partial charge on any atom is 0.281 e. The molecule has 0 radical (unpaired) electrons. The number of hydrogen-bond donors (Lipinski definition) is 1. The van der Waals surface area contributed by atoms with Crippen LogP contribution in [0.3, 0.4) is 0 Å². The number of aromatic nitrogens is 4. The third-order valence-electron chi connectivity index (χ3n) is 4.06. The third-order valence-corrected chi connectivity index (χ3v) is 5.34. The smallest absolute Gasteiger partial charge is 0.267 e. The molecule has 4 aromatic rings. The summed E-state index contributed by atoms with van der Waals surface area (Å²) in [5.41, 5.74) is 2.04. The summed E-state index contributed by atoms with van der Waals surface area (Å²) in [6.45, 7) is 4.32. The van der Waals surface area contributed by atoms with Crippen molar-refractivity contribution in [1.82, 2.24) is 19.8 Å². The first-order valence-electron chi connectivity index (χ1n) is 7.88. The molecule has 5 nitrogen and oxygen atoms in total. The van der Waals surface area contributed by atoms with E-state index >= 15 is 0 Å². The van der Waals surface area contributed by atoms with Gasteiger partial charge in [-0.05, 0) is 35.7 Å². The Hall–Kier alpha value is -2.31. The third kappa shape index (κ3) is 2.81. The summed E-state index contributed by atoms with van der Waals surface area (Å²) < 4.78 is 1.66. The van der Waals surface area contributed by atoms with Gasteiger partial charge in [0.05, 0.1) is 15.9 Å². The summed E-state index contributed by atoms with van der Waals surface area (Å²) >= 11 is 7.74. The van der Waals surface area contributed by atoms with Gasteiger partial charge in [0.15, 0.2) is 10.7 Å². The zero-order valence-electron chi connectivity index (χ0n) is 13.7. The van der Waals surface area contributed by atoms with Crippen LogP contribution in [0, 0.1) is 0 Å². The van der Waals surface area contributed by atoms with Gasteiger partial charge in [0, 0.05) is 4.90 Å². The van der Waals surface area contributed by atoms with Crippen molar-refractivity contribution in [3.05, 3.63) is 63.4 Å². The van der Waals surface area contributed by atoms with Gasteiger partial charge < -0.3 is 0 Å². The van der Waals surface area contributed by atoms with Crippen LogP contribution in [0.5, 0.6) is 0 Å². The van der Waals surface area contributed by atoms with E-state index < -0.39 is 0 Å². The van der Waals surface area contributed by atoms with Gasteiger partial charge in [0.1, 0.15) is 0 Å². The number of rotatable bonds is 3. The van der Waals surface area contributed by atoms with Gasteiger partial charge in [0.2, 0.25) is 0 Å². The molecule has 0 saturated carbocycles. The zero-order chi connectivity index (χ0) is 17.6. The second kappa shape index (κ2) is 6.20. The van der Waals surface area contributed by atoms with E-state index in [4.69, 9.17) is 11.6 Å². The van der Waals surface area contributed by atoms with E-state index in [-0.39, 0.29) is 5.56 Å². The molecule has 2 aromatic carbocycles. The Morgan fingerprint density at radius 2 is 1.92 bits per heavy atom. The topological polar surface area (TPSA) is 63.1 Å². The van der Waals surface area contributed by atoms with E-state index in [0.717, 1.165) is 4.90 Å². The normalized spacial score (nSPS) is 11.7. The number of para-hydroxylation sites is 1. The van der Waals surface area contributed by atoms with Crippen molar-refractivity contribution in [2.24, 2.45) is 0 Å². The average molecular weight is 371 g/mol. The standard InChI is InChI=1S/C18H15ClN4OS/c1-10(2)11-6-8-12(9-7-11)25-18-16-20-17(24)13-4-3-5-14(19)15(13)23(16)22-21-18/h3-10,22H,1-2H3. The first-order chi connectivity index (χ1) is 12.0. The summed E-state index contributed by atoms with van der Waals surface area (Å²) in [7, 11) is 0. The average Bonchev–Trinajstić information content (AvgIpc) is 2.98. The van der Waals surface area contributed by atoms with Gasteiger partial charge in [-0.1, -0.05) is 55.4 Å². The van der Waals surface area contributed by atoms with Crippen LogP contribution < -0.4 is 5.56 Å². The fourth-order valence-corrected chi connectivity index (χ4v) is 3.78. The minimum Gasteiger partial charge on any atom is -0.267 e. The first kappa shape index (κ1) is 16.2. The number of benzene rings is 2. The number of nitrogens with one attached hydrogen (secondary N) is 1. The maximum atomic E-state index is 12.3. The van der Waals surface area contributed by atoms with E-state index in [1.54, 1.807) is 22.7 Å². The molecule has 0 bridgehead atoms.